The Kier molecular flexibility index (Phi) is 6.31. The van der Waals surface area contributed by atoms with Gasteiger partial charge in [-0.05, 0) is 0 Å². The van der Waals surface area contributed by atoms with E-state index >= 15 is 0 Å². The van der Waals surface area contributed by atoms with Gasteiger partial charge in [0.05, 0.1) is 0 Å². The van der Waals surface area contributed by atoms with Crippen LogP contribution in [0.25, 0.3) is 0 Å². The van der Waals surface area contributed by atoms with E-state index in [1.54, 1.807) is 0 Å². The number of rotatable bonds is 6. The summed E-state index contributed by atoms with van der Waals surface area (Å²) >= 11 is -1.39. The van der Waals surface area contributed by atoms with Gasteiger partial charge in [0.1, 0.15) is 0 Å². The molecule has 0 fully saturated rings. The van der Waals surface area contributed by atoms with E-state index < -0.39 is 13.6 Å². The molecule has 0 spiro atoms. The second-order valence-electron chi connectivity index (χ2n) is 3.54. The molecular weight excluding hydrogens is 203 g/mol. The van der Waals surface area contributed by atoms with E-state index in [9.17, 15) is 0 Å². The summed E-state index contributed by atoms with van der Waals surface area (Å²) in [5.74, 6) is 0. The fraction of sp³-hybridized carbons (Fsp3) is 1.00. The van der Waals surface area contributed by atoms with Crippen molar-refractivity contribution in [3.8, 4) is 0 Å². The summed E-state index contributed by atoms with van der Waals surface area (Å²) < 4.78 is 0. The van der Waals surface area contributed by atoms with Gasteiger partial charge in [-0.15, -0.1) is 0 Å². The van der Waals surface area contributed by atoms with Gasteiger partial charge in [-0.3, -0.25) is 0 Å². The zero-order valence-electron chi connectivity index (χ0n) is 7.58. The third kappa shape index (κ3) is 6.86. The zero-order chi connectivity index (χ0) is 8.74. The van der Waals surface area contributed by atoms with Crippen LogP contribution < -0.4 is 0 Å². The molecule has 0 saturated carbocycles. The molecule has 68 valence electrons. The van der Waals surface area contributed by atoms with Gasteiger partial charge in [0.15, 0.2) is 0 Å². The molecule has 0 heterocycles. The molecule has 0 aromatic carbocycles. The van der Waals surface area contributed by atoms with Crippen LogP contribution in [-0.4, -0.2) is 37.0 Å². The van der Waals surface area contributed by atoms with Crippen LogP contribution in [0.4, 0.5) is 0 Å². The molecule has 0 rings (SSSR count). The topological polar surface area (TPSA) is 40.5 Å². The van der Waals surface area contributed by atoms with Crippen molar-refractivity contribution in [2.45, 2.75) is 34.7 Å². The normalized spacial score (nSPS) is 12.0. The first-order valence-corrected chi connectivity index (χ1v) is 10.6. The van der Waals surface area contributed by atoms with E-state index in [1.807, 2.05) is 0 Å². The van der Waals surface area contributed by atoms with Gasteiger partial charge in [-0.2, -0.15) is 0 Å². The second kappa shape index (κ2) is 6.05. The van der Waals surface area contributed by atoms with E-state index in [-0.39, 0.29) is 0 Å². The van der Waals surface area contributed by atoms with E-state index in [1.165, 1.54) is 10.4 Å². The van der Waals surface area contributed by atoms with Crippen LogP contribution in [0.15, 0.2) is 0 Å². The molecule has 0 atom stereocenters. The summed E-state index contributed by atoms with van der Waals surface area (Å²) in [4.78, 5) is 0. The third-order valence-corrected chi connectivity index (χ3v) is 8.25. The minimum atomic E-state index is -1.39. The summed E-state index contributed by atoms with van der Waals surface area (Å²) in [7, 11) is 0. The summed E-state index contributed by atoms with van der Waals surface area (Å²) in [5.41, 5.74) is 4.70. The standard InChI is InChI=1S/C8H20AsO2/c1-9(2,5-3-7-10)6-4-8-11/h10-11H,3-8H2,1-2H3/q+1. The van der Waals surface area contributed by atoms with Crippen LogP contribution in [0.2, 0.25) is 21.8 Å². The van der Waals surface area contributed by atoms with Crippen molar-refractivity contribution in [3.63, 3.8) is 0 Å². The minimum absolute atomic E-state index is 0.323. The van der Waals surface area contributed by atoms with Crippen LogP contribution >= 0.6 is 0 Å². The van der Waals surface area contributed by atoms with Gasteiger partial charge in [0, 0.05) is 0 Å². The van der Waals surface area contributed by atoms with Crippen molar-refractivity contribution in [2.24, 2.45) is 0 Å². The fourth-order valence-corrected chi connectivity index (χ4v) is 5.76. The molecule has 2 N–H and O–H groups in total. The average molecular weight is 223 g/mol. The van der Waals surface area contributed by atoms with Gasteiger partial charge in [0.2, 0.25) is 0 Å². The molecule has 11 heavy (non-hydrogen) atoms. The molecule has 0 aromatic heterocycles. The number of hydrogen-bond acceptors (Lipinski definition) is 2. The van der Waals surface area contributed by atoms with Crippen molar-refractivity contribution in [1.29, 1.82) is 0 Å². The Bertz CT molecular complexity index is 84.1. The molecule has 0 aliphatic rings. The first-order valence-electron chi connectivity index (χ1n) is 4.16. The molecule has 0 aromatic rings. The van der Waals surface area contributed by atoms with Crippen LogP contribution in [0.3, 0.4) is 0 Å². The summed E-state index contributed by atoms with van der Waals surface area (Å²) in [6.07, 6.45) is 1.90. The van der Waals surface area contributed by atoms with Gasteiger partial charge < -0.3 is 0 Å². The quantitative estimate of drug-likeness (QED) is 0.669. The fourth-order valence-electron chi connectivity index (χ4n) is 1.11. The zero-order valence-corrected chi connectivity index (χ0v) is 9.46. The van der Waals surface area contributed by atoms with Crippen molar-refractivity contribution >= 4 is 13.6 Å². The second-order valence-corrected chi connectivity index (χ2v) is 13.5. The molecule has 0 radical (unpaired) electrons. The van der Waals surface area contributed by atoms with E-state index in [0.29, 0.717) is 13.2 Å². The summed E-state index contributed by atoms with van der Waals surface area (Å²) in [5, 5.41) is 19.7. The Morgan fingerprint density at radius 2 is 1.27 bits per heavy atom. The maximum atomic E-state index is 8.63. The van der Waals surface area contributed by atoms with Gasteiger partial charge in [0.25, 0.3) is 0 Å². The van der Waals surface area contributed by atoms with E-state index in [0.717, 1.165) is 12.8 Å². The first-order chi connectivity index (χ1) is 5.12. The molecule has 0 unspecified atom stereocenters. The van der Waals surface area contributed by atoms with Crippen LogP contribution in [-0.2, 0) is 0 Å². The molecule has 3 heteroatoms. The predicted octanol–water partition coefficient (Wildman–Crippen LogP) is 1.46. The van der Waals surface area contributed by atoms with Crippen LogP contribution in [0, 0.1) is 0 Å². The van der Waals surface area contributed by atoms with E-state index in [2.05, 4.69) is 11.4 Å². The monoisotopic (exact) mass is 223 g/mol. The molecule has 0 aliphatic carbocycles. The molecule has 0 aliphatic heterocycles. The molecule has 2 nitrogen and oxygen atoms in total. The molecular formula is C8H20AsO2+. The number of aliphatic hydroxyl groups is 2. The van der Waals surface area contributed by atoms with Crippen molar-refractivity contribution in [2.75, 3.05) is 13.2 Å². The molecule has 0 amide bonds. The van der Waals surface area contributed by atoms with Crippen molar-refractivity contribution in [3.05, 3.63) is 0 Å². The van der Waals surface area contributed by atoms with Gasteiger partial charge in [-0.25, -0.2) is 0 Å². The molecule has 0 saturated heterocycles. The Morgan fingerprint density at radius 1 is 0.909 bits per heavy atom. The Labute approximate surface area is 72.1 Å². The SMILES string of the molecule is C[As+](C)(CCCO)CCCO. The van der Waals surface area contributed by atoms with Crippen molar-refractivity contribution in [1.82, 2.24) is 0 Å². The Balaban J connectivity index is 3.43. The van der Waals surface area contributed by atoms with Crippen molar-refractivity contribution < 1.29 is 10.2 Å². The summed E-state index contributed by atoms with van der Waals surface area (Å²) in [6.45, 7) is 0.647. The predicted molar refractivity (Wildman–Crippen MR) is 50.5 cm³/mol. The van der Waals surface area contributed by atoms with Crippen LogP contribution in [0.1, 0.15) is 12.8 Å². The number of aliphatic hydroxyl groups excluding tert-OH is 2. The first kappa shape index (κ1) is 11.5. The van der Waals surface area contributed by atoms with Crippen LogP contribution in [0.5, 0.6) is 0 Å². The third-order valence-electron chi connectivity index (χ3n) is 1.84. The number of hydrogen-bond donors (Lipinski definition) is 2. The Morgan fingerprint density at radius 3 is 1.55 bits per heavy atom. The Hall–Kier alpha value is 0.478. The van der Waals surface area contributed by atoms with Gasteiger partial charge >= 0.3 is 71.7 Å². The van der Waals surface area contributed by atoms with E-state index in [4.69, 9.17) is 10.2 Å². The molecule has 0 bridgehead atoms. The van der Waals surface area contributed by atoms with Gasteiger partial charge in [-0.1, -0.05) is 0 Å². The average Bonchev–Trinajstić information content (AvgIpc) is 1.97. The maximum absolute atomic E-state index is 8.63. The summed E-state index contributed by atoms with van der Waals surface area (Å²) in [6, 6.07) is 0.